The van der Waals surface area contributed by atoms with Gasteiger partial charge in [0.05, 0.1) is 11.5 Å². The topological polar surface area (TPSA) is 46.6 Å². The van der Waals surface area contributed by atoms with Gasteiger partial charge < -0.3 is 4.74 Å². The minimum Gasteiger partial charge on any atom is -0.357 e. The van der Waals surface area contributed by atoms with Gasteiger partial charge in [-0.15, -0.1) is 0 Å². The molecule has 2 aromatic rings. The van der Waals surface area contributed by atoms with E-state index >= 15 is 0 Å². The van der Waals surface area contributed by atoms with E-state index in [1.165, 1.54) is 4.31 Å². The number of fused-ring (bicyclic) bond motifs is 1. The molecule has 1 aliphatic rings. The number of sulfonamides is 1. The number of hydrogen-bond acceptors (Lipinski definition) is 3. The summed E-state index contributed by atoms with van der Waals surface area (Å²) in [5.74, 6) is 0. The molecule has 0 bridgehead atoms. The summed E-state index contributed by atoms with van der Waals surface area (Å²) in [6, 6.07) is 14.7. The van der Waals surface area contributed by atoms with Crippen LogP contribution in [0, 0.1) is 6.92 Å². The third kappa shape index (κ3) is 2.67. The van der Waals surface area contributed by atoms with E-state index in [2.05, 4.69) is 0 Å². The Morgan fingerprint density at radius 2 is 1.77 bits per heavy atom. The summed E-state index contributed by atoms with van der Waals surface area (Å²) in [6.45, 7) is 2.45. The van der Waals surface area contributed by atoms with E-state index in [0.29, 0.717) is 6.61 Å². The molecule has 0 amide bonds. The lowest BCUT2D eigenvalue weighted by molar-refractivity contribution is -0.0213. The molecule has 0 aromatic heterocycles. The van der Waals surface area contributed by atoms with Gasteiger partial charge in [-0.3, -0.25) is 0 Å². The van der Waals surface area contributed by atoms with E-state index in [-0.39, 0.29) is 4.90 Å². The van der Waals surface area contributed by atoms with Gasteiger partial charge in [0.25, 0.3) is 0 Å². The Morgan fingerprint density at radius 1 is 1.09 bits per heavy atom. The highest BCUT2D eigenvalue weighted by molar-refractivity contribution is 7.89. The first-order chi connectivity index (χ1) is 10.5. The van der Waals surface area contributed by atoms with Gasteiger partial charge in [-0.1, -0.05) is 42.0 Å². The normalized spacial score (nSPS) is 18.2. The van der Waals surface area contributed by atoms with Crippen molar-refractivity contribution in [2.75, 3.05) is 13.7 Å². The maximum atomic E-state index is 12.8. The fourth-order valence-electron chi connectivity index (χ4n) is 2.68. The molecule has 0 spiro atoms. The summed E-state index contributed by atoms with van der Waals surface area (Å²) in [5, 5.41) is 0. The molecule has 22 heavy (non-hydrogen) atoms. The number of nitrogens with zero attached hydrogens (tertiary/aromatic N) is 1. The van der Waals surface area contributed by atoms with Crippen molar-refractivity contribution in [3.63, 3.8) is 0 Å². The van der Waals surface area contributed by atoms with Crippen LogP contribution in [-0.2, 0) is 21.2 Å². The molecule has 2 aromatic carbocycles. The second kappa shape index (κ2) is 5.83. The molecule has 0 N–H and O–H groups in total. The molecule has 116 valence electrons. The van der Waals surface area contributed by atoms with Crippen molar-refractivity contribution >= 4 is 10.0 Å². The van der Waals surface area contributed by atoms with Crippen LogP contribution in [0.4, 0.5) is 0 Å². The summed E-state index contributed by atoms with van der Waals surface area (Å²) in [4.78, 5) is 0.284. The molecular weight excluding hydrogens is 298 g/mol. The van der Waals surface area contributed by atoms with Crippen LogP contribution in [0.15, 0.2) is 53.4 Å². The summed E-state index contributed by atoms with van der Waals surface area (Å²) >= 11 is 0. The Bertz CT molecular complexity index is 769. The molecule has 0 fully saturated rings. The molecule has 1 heterocycles. The molecule has 3 rings (SSSR count). The number of ether oxygens (including phenoxy) is 1. The fourth-order valence-corrected chi connectivity index (χ4v) is 3.92. The molecule has 1 aliphatic heterocycles. The average Bonchev–Trinajstić information content (AvgIpc) is 2.54. The molecule has 0 saturated carbocycles. The number of aryl methyl sites for hydroxylation is 1. The zero-order chi connectivity index (χ0) is 15.7. The summed E-state index contributed by atoms with van der Waals surface area (Å²) in [7, 11) is -2.02. The molecule has 1 atom stereocenters. The summed E-state index contributed by atoms with van der Waals surface area (Å²) in [6.07, 6.45) is 0.238. The molecular formula is C17H19NO3S. The predicted molar refractivity (Wildman–Crippen MR) is 85.0 cm³/mol. The van der Waals surface area contributed by atoms with E-state index in [1.807, 2.05) is 31.2 Å². The van der Waals surface area contributed by atoms with Crippen molar-refractivity contribution in [2.45, 2.75) is 24.5 Å². The lowest BCUT2D eigenvalue weighted by Crippen LogP contribution is -2.35. The third-order valence-electron chi connectivity index (χ3n) is 4.00. The van der Waals surface area contributed by atoms with Gasteiger partial charge in [-0.05, 0) is 36.6 Å². The predicted octanol–water partition coefficient (Wildman–Crippen LogP) is 2.89. The van der Waals surface area contributed by atoms with Crippen molar-refractivity contribution in [2.24, 2.45) is 0 Å². The SMILES string of the molecule is Cc1ccc(S(=O)(=O)N(C)C2OCCc3ccccc32)cc1. The van der Waals surface area contributed by atoms with Gasteiger partial charge in [-0.25, -0.2) is 8.42 Å². The van der Waals surface area contributed by atoms with Crippen LogP contribution in [0.25, 0.3) is 0 Å². The second-order valence-corrected chi connectivity index (χ2v) is 7.50. The monoisotopic (exact) mass is 317 g/mol. The van der Waals surface area contributed by atoms with Crippen molar-refractivity contribution in [1.82, 2.24) is 4.31 Å². The number of hydrogen-bond donors (Lipinski definition) is 0. The van der Waals surface area contributed by atoms with Crippen LogP contribution in [0.3, 0.4) is 0 Å². The first-order valence-corrected chi connectivity index (χ1v) is 8.68. The van der Waals surface area contributed by atoms with Crippen molar-refractivity contribution < 1.29 is 13.2 Å². The molecule has 4 nitrogen and oxygen atoms in total. The first-order valence-electron chi connectivity index (χ1n) is 7.24. The van der Waals surface area contributed by atoms with Crippen LogP contribution in [0.5, 0.6) is 0 Å². The Balaban J connectivity index is 1.97. The minimum atomic E-state index is -3.59. The highest BCUT2D eigenvalue weighted by Crippen LogP contribution is 2.32. The lowest BCUT2D eigenvalue weighted by Gasteiger charge is -2.32. The maximum Gasteiger partial charge on any atom is 0.245 e. The van der Waals surface area contributed by atoms with E-state index < -0.39 is 16.3 Å². The van der Waals surface area contributed by atoms with Crippen molar-refractivity contribution in [3.8, 4) is 0 Å². The molecule has 1 unspecified atom stereocenters. The van der Waals surface area contributed by atoms with Gasteiger partial charge in [-0.2, -0.15) is 4.31 Å². The highest BCUT2D eigenvalue weighted by Gasteiger charge is 2.32. The van der Waals surface area contributed by atoms with E-state index in [9.17, 15) is 8.42 Å². The zero-order valence-electron chi connectivity index (χ0n) is 12.7. The Labute approximate surface area is 131 Å². The van der Waals surface area contributed by atoms with Crippen LogP contribution >= 0.6 is 0 Å². The molecule has 5 heteroatoms. The average molecular weight is 317 g/mol. The Hall–Kier alpha value is -1.69. The maximum absolute atomic E-state index is 12.8. The van der Waals surface area contributed by atoms with Crippen LogP contribution in [-0.4, -0.2) is 26.4 Å². The van der Waals surface area contributed by atoms with E-state index in [0.717, 1.165) is 23.1 Å². The minimum absolute atomic E-state index is 0.284. The molecule has 0 aliphatic carbocycles. The van der Waals surface area contributed by atoms with Gasteiger partial charge in [0.2, 0.25) is 10.0 Å². The smallest absolute Gasteiger partial charge is 0.245 e. The zero-order valence-corrected chi connectivity index (χ0v) is 13.5. The number of rotatable bonds is 3. The van der Waals surface area contributed by atoms with Crippen LogP contribution in [0.1, 0.15) is 22.9 Å². The van der Waals surface area contributed by atoms with E-state index in [1.54, 1.807) is 31.3 Å². The summed E-state index contributed by atoms with van der Waals surface area (Å²) < 4.78 is 32.7. The quantitative estimate of drug-likeness (QED) is 0.874. The lowest BCUT2D eigenvalue weighted by atomic mass is 10.0. The van der Waals surface area contributed by atoms with Crippen LogP contribution in [0.2, 0.25) is 0 Å². The third-order valence-corrected chi connectivity index (χ3v) is 5.81. The Morgan fingerprint density at radius 3 is 2.50 bits per heavy atom. The van der Waals surface area contributed by atoms with Crippen LogP contribution < -0.4 is 0 Å². The van der Waals surface area contributed by atoms with Gasteiger partial charge in [0.1, 0.15) is 6.23 Å². The largest absolute Gasteiger partial charge is 0.357 e. The molecule has 0 radical (unpaired) electrons. The second-order valence-electron chi connectivity index (χ2n) is 5.51. The Kier molecular flexibility index (Phi) is 4.04. The van der Waals surface area contributed by atoms with Gasteiger partial charge in [0, 0.05) is 7.05 Å². The first kappa shape index (κ1) is 15.2. The van der Waals surface area contributed by atoms with Gasteiger partial charge in [0.15, 0.2) is 0 Å². The highest BCUT2D eigenvalue weighted by atomic mass is 32.2. The standard InChI is InChI=1S/C17H19NO3S/c1-13-7-9-15(10-8-13)22(19,20)18(2)17-16-6-4-3-5-14(16)11-12-21-17/h3-10,17H,11-12H2,1-2H3. The van der Waals surface area contributed by atoms with Gasteiger partial charge >= 0.3 is 0 Å². The van der Waals surface area contributed by atoms with Crippen molar-refractivity contribution in [3.05, 3.63) is 65.2 Å². The van der Waals surface area contributed by atoms with E-state index in [4.69, 9.17) is 4.74 Å². The molecule has 0 saturated heterocycles. The fraction of sp³-hybridized carbons (Fsp3) is 0.294. The summed E-state index contributed by atoms with van der Waals surface area (Å²) in [5.41, 5.74) is 3.09. The van der Waals surface area contributed by atoms with Crippen molar-refractivity contribution in [1.29, 1.82) is 0 Å². The number of benzene rings is 2.